The second-order valence-electron chi connectivity index (χ2n) is 3.72. The third kappa shape index (κ3) is 2.47. The maximum atomic E-state index is 6.08. The number of ether oxygens (including phenoxy) is 1. The van der Waals surface area contributed by atoms with Crippen molar-refractivity contribution in [3.8, 4) is 11.6 Å². The molecule has 0 radical (unpaired) electrons. The summed E-state index contributed by atoms with van der Waals surface area (Å²) in [6, 6.07) is 3.67. The van der Waals surface area contributed by atoms with Gasteiger partial charge in [0.25, 0.3) is 5.88 Å². The molecule has 17 heavy (non-hydrogen) atoms. The first-order valence-corrected chi connectivity index (χ1v) is 5.47. The third-order valence-corrected chi connectivity index (χ3v) is 2.91. The highest BCUT2D eigenvalue weighted by atomic mass is 35.5. The summed E-state index contributed by atoms with van der Waals surface area (Å²) in [5, 5.41) is 0.740. The second-order valence-corrected chi connectivity index (χ2v) is 4.10. The van der Waals surface area contributed by atoms with E-state index in [0.717, 1.165) is 16.1 Å². The molecular weight excluding hydrogens is 238 g/mol. The summed E-state index contributed by atoms with van der Waals surface area (Å²) in [5.74, 6) is 1.21. The van der Waals surface area contributed by atoms with Gasteiger partial charge in [-0.05, 0) is 37.1 Å². The molecule has 1 aromatic carbocycles. The smallest absolute Gasteiger partial charge is 0.262 e. The number of anilines is 1. The maximum Gasteiger partial charge on any atom is 0.262 e. The molecule has 88 valence electrons. The van der Waals surface area contributed by atoms with Crippen LogP contribution in [0.2, 0.25) is 5.02 Å². The third-order valence-electron chi connectivity index (χ3n) is 2.32. The Morgan fingerprint density at radius 1 is 1.12 bits per heavy atom. The molecule has 2 rings (SSSR count). The Morgan fingerprint density at radius 2 is 1.71 bits per heavy atom. The van der Waals surface area contributed by atoms with Gasteiger partial charge in [-0.25, -0.2) is 9.97 Å². The molecule has 0 bridgehead atoms. The molecule has 2 N–H and O–H groups in total. The van der Waals surface area contributed by atoms with Crippen LogP contribution in [0.25, 0.3) is 0 Å². The summed E-state index contributed by atoms with van der Waals surface area (Å²) in [6.45, 7) is 3.84. The van der Waals surface area contributed by atoms with E-state index in [-0.39, 0.29) is 5.82 Å². The number of rotatable bonds is 2. The Balaban J connectivity index is 2.34. The van der Waals surface area contributed by atoms with Crippen molar-refractivity contribution in [3.63, 3.8) is 0 Å². The first-order valence-electron chi connectivity index (χ1n) is 5.09. The van der Waals surface area contributed by atoms with E-state index in [1.165, 1.54) is 12.4 Å². The van der Waals surface area contributed by atoms with E-state index in [0.29, 0.717) is 11.6 Å². The Labute approximate surface area is 104 Å². The quantitative estimate of drug-likeness (QED) is 0.888. The number of aryl methyl sites for hydroxylation is 2. The van der Waals surface area contributed by atoms with Gasteiger partial charge in [0, 0.05) is 17.4 Å². The van der Waals surface area contributed by atoms with Crippen molar-refractivity contribution in [2.45, 2.75) is 13.8 Å². The van der Waals surface area contributed by atoms with Crippen molar-refractivity contribution in [2.75, 3.05) is 5.73 Å². The summed E-state index contributed by atoms with van der Waals surface area (Å²) >= 11 is 6.08. The molecule has 0 aliphatic carbocycles. The summed E-state index contributed by atoms with van der Waals surface area (Å²) in [5.41, 5.74) is 7.55. The van der Waals surface area contributed by atoms with Crippen molar-refractivity contribution >= 4 is 17.4 Å². The van der Waals surface area contributed by atoms with Gasteiger partial charge in [-0.2, -0.15) is 0 Å². The zero-order valence-electron chi connectivity index (χ0n) is 9.57. The van der Waals surface area contributed by atoms with E-state index in [2.05, 4.69) is 9.97 Å². The minimum Gasteiger partial charge on any atom is -0.436 e. The molecule has 1 heterocycles. The van der Waals surface area contributed by atoms with Crippen LogP contribution in [0, 0.1) is 13.8 Å². The lowest BCUT2D eigenvalue weighted by Gasteiger charge is -2.09. The van der Waals surface area contributed by atoms with E-state index in [1.807, 2.05) is 26.0 Å². The van der Waals surface area contributed by atoms with Gasteiger partial charge < -0.3 is 10.5 Å². The van der Waals surface area contributed by atoms with Crippen molar-refractivity contribution in [2.24, 2.45) is 0 Å². The van der Waals surface area contributed by atoms with Crippen molar-refractivity contribution < 1.29 is 4.74 Å². The van der Waals surface area contributed by atoms with E-state index in [4.69, 9.17) is 22.1 Å². The Hall–Kier alpha value is -1.81. The number of benzene rings is 1. The number of halogens is 1. The fourth-order valence-corrected chi connectivity index (χ4v) is 1.60. The van der Waals surface area contributed by atoms with E-state index in [1.54, 1.807) is 0 Å². The zero-order valence-corrected chi connectivity index (χ0v) is 10.3. The molecule has 5 heteroatoms. The lowest BCUT2D eigenvalue weighted by atomic mass is 10.1. The van der Waals surface area contributed by atoms with Gasteiger partial charge in [0.15, 0.2) is 5.82 Å². The molecule has 2 aromatic rings. The number of nitrogen functional groups attached to an aromatic ring is 1. The highest BCUT2D eigenvalue weighted by molar-refractivity contribution is 6.32. The second kappa shape index (κ2) is 4.59. The van der Waals surface area contributed by atoms with Gasteiger partial charge in [-0.15, -0.1) is 0 Å². The highest BCUT2D eigenvalue weighted by Gasteiger charge is 2.07. The maximum absolute atomic E-state index is 6.08. The summed E-state index contributed by atoms with van der Waals surface area (Å²) < 4.78 is 5.57. The van der Waals surface area contributed by atoms with E-state index < -0.39 is 0 Å². The SMILES string of the molecule is Cc1cc(Oc2nccnc2N)cc(C)c1Cl. The largest absolute Gasteiger partial charge is 0.436 e. The van der Waals surface area contributed by atoms with Crippen LogP contribution in [-0.4, -0.2) is 9.97 Å². The number of nitrogens with two attached hydrogens (primary N) is 1. The first-order chi connectivity index (χ1) is 8.08. The van der Waals surface area contributed by atoms with Crippen LogP contribution < -0.4 is 10.5 Å². The Bertz CT molecular complexity index is 534. The fourth-order valence-electron chi connectivity index (χ4n) is 1.49. The molecule has 0 spiro atoms. The first kappa shape index (κ1) is 11.7. The lowest BCUT2D eigenvalue weighted by molar-refractivity contribution is 0.462. The monoisotopic (exact) mass is 249 g/mol. The molecule has 4 nitrogen and oxygen atoms in total. The van der Waals surface area contributed by atoms with Gasteiger partial charge in [0.05, 0.1) is 0 Å². The molecule has 0 fully saturated rings. The molecule has 0 unspecified atom stereocenters. The number of nitrogens with zero attached hydrogens (tertiary/aromatic N) is 2. The molecule has 0 amide bonds. The van der Waals surface area contributed by atoms with Crippen LogP contribution in [0.15, 0.2) is 24.5 Å². The number of hydrogen-bond acceptors (Lipinski definition) is 4. The topological polar surface area (TPSA) is 61.0 Å². The van der Waals surface area contributed by atoms with Gasteiger partial charge in [0.2, 0.25) is 0 Å². The van der Waals surface area contributed by atoms with Crippen LogP contribution in [0.4, 0.5) is 5.82 Å². The van der Waals surface area contributed by atoms with Crippen LogP contribution in [0.5, 0.6) is 11.6 Å². The number of aromatic nitrogens is 2. The van der Waals surface area contributed by atoms with Crippen molar-refractivity contribution in [1.82, 2.24) is 9.97 Å². The van der Waals surface area contributed by atoms with Crippen molar-refractivity contribution in [3.05, 3.63) is 40.7 Å². The molecule has 0 saturated heterocycles. The average molecular weight is 250 g/mol. The van der Waals surface area contributed by atoms with Gasteiger partial charge in [-0.3, -0.25) is 0 Å². The fraction of sp³-hybridized carbons (Fsp3) is 0.167. The summed E-state index contributed by atoms with van der Waals surface area (Å²) in [6.07, 6.45) is 3.04. The van der Waals surface area contributed by atoms with Crippen molar-refractivity contribution in [1.29, 1.82) is 0 Å². The molecular formula is C12H12ClN3O. The Kier molecular flexibility index (Phi) is 3.15. The van der Waals surface area contributed by atoms with Crippen LogP contribution in [0.3, 0.4) is 0 Å². The summed E-state index contributed by atoms with van der Waals surface area (Å²) in [4.78, 5) is 7.91. The minimum atomic E-state index is 0.262. The molecule has 0 aliphatic rings. The van der Waals surface area contributed by atoms with Gasteiger partial charge >= 0.3 is 0 Å². The molecule has 0 aliphatic heterocycles. The molecule has 0 saturated carbocycles. The standard InChI is InChI=1S/C12H12ClN3O/c1-7-5-9(6-8(2)10(7)13)17-12-11(14)15-3-4-16-12/h3-6H,1-2H3,(H2,14,15). The van der Waals surface area contributed by atoms with E-state index in [9.17, 15) is 0 Å². The predicted molar refractivity (Wildman–Crippen MR) is 67.4 cm³/mol. The molecule has 0 atom stereocenters. The lowest BCUT2D eigenvalue weighted by Crippen LogP contribution is -1.97. The zero-order chi connectivity index (χ0) is 12.4. The highest BCUT2D eigenvalue weighted by Crippen LogP contribution is 2.29. The summed E-state index contributed by atoms with van der Waals surface area (Å²) in [7, 11) is 0. The Morgan fingerprint density at radius 3 is 2.29 bits per heavy atom. The van der Waals surface area contributed by atoms with Gasteiger partial charge in [-0.1, -0.05) is 11.6 Å². The normalized spacial score (nSPS) is 10.3. The van der Waals surface area contributed by atoms with Crippen LogP contribution in [0.1, 0.15) is 11.1 Å². The van der Waals surface area contributed by atoms with Crippen LogP contribution in [-0.2, 0) is 0 Å². The average Bonchev–Trinajstić information content (AvgIpc) is 2.29. The predicted octanol–water partition coefficient (Wildman–Crippen LogP) is 3.12. The van der Waals surface area contributed by atoms with Crippen LogP contribution >= 0.6 is 11.6 Å². The number of hydrogen-bond donors (Lipinski definition) is 1. The minimum absolute atomic E-state index is 0.262. The molecule has 1 aromatic heterocycles. The van der Waals surface area contributed by atoms with E-state index >= 15 is 0 Å². The van der Waals surface area contributed by atoms with Gasteiger partial charge in [0.1, 0.15) is 5.75 Å².